The summed E-state index contributed by atoms with van der Waals surface area (Å²) in [5.74, 6) is -0.360. The van der Waals surface area contributed by atoms with Gasteiger partial charge in [0.1, 0.15) is 5.75 Å². The van der Waals surface area contributed by atoms with Crippen molar-refractivity contribution in [3.8, 4) is 5.75 Å². The minimum absolute atomic E-state index is 0.127. The fraction of sp³-hybridized carbons (Fsp3) is 0.300. The Kier molecular flexibility index (Phi) is 5.99. The Balaban J connectivity index is 2.44. The summed E-state index contributed by atoms with van der Waals surface area (Å²) in [5, 5.41) is 16.3. The van der Waals surface area contributed by atoms with Crippen LogP contribution in [0.4, 0.5) is 0 Å². The maximum Gasteiger partial charge on any atom is 0.274 e. The molecular weight excluding hydrogens is 371 g/mol. The first-order valence-electron chi connectivity index (χ1n) is 8.14. The van der Waals surface area contributed by atoms with Crippen molar-refractivity contribution < 1.29 is 9.90 Å². The molecule has 0 fully saturated rings. The van der Waals surface area contributed by atoms with Crippen molar-refractivity contribution in [1.29, 1.82) is 0 Å². The fourth-order valence-electron chi connectivity index (χ4n) is 2.55. The normalized spacial score (nSPS) is 11.8. The SMILES string of the molecule is Cc1cc(C)cc(C(=O)N(/N=C/c2cc(Cl)cc(Cl)c2O)C(C)(C)C)c1. The van der Waals surface area contributed by atoms with E-state index in [4.69, 9.17) is 23.2 Å². The molecule has 0 atom stereocenters. The van der Waals surface area contributed by atoms with Crippen LogP contribution in [0.3, 0.4) is 0 Å². The molecule has 0 aliphatic heterocycles. The lowest BCUT2D eigenvalue weighted by Crippen LogP contribution is -2.42. The van der Waals surface area contributed by atoms with E-state index < -0.39 is 5.54 Å². The molecule has 1 amide bonds. The number of phenolic OH excluding ortho intramolecular Hbond substituents is 1. The highest BCUT2D eigenvalue weighted by molar-refractivity contribution is 6.36. The van der Waals surface area contributed by atoms with E-state index in [-0.39, 0.29) is 16.7 Å². The van der Waals surface area contributed by atoms with Gasteiger partial charge in [-0.3, -0.25) is 4.79 Å². The highest BCUT2D eigenvalue weighted by Gasteiger charge is 2.27. The van der Waals surface area contributed by atoms with Crippen molar-refractivity contribution >= 4 is 35.3 Å². The lowest BCUT2D eigenvalue weighted by molar-refractivity contribution is 0.0593. The Morgan fingerprint density at radius 1 is 1.08 bits per heavy atom. The van der Waals surface area contributed by atoms with Crippen molar-refractivity contribution in [2.24, 2.45) is 5.10 Å². The van der Waals surface area contributed by atoms with E-state index >= 15 is 0 Å². The summed E-state index contributed by atoms with van der Waals surface area (Å²) >= 11 is 11.9. The molecule has 0 bridgehead atoms. The molecular formula is C20H22Cl2N2O2. The van der Waals surface area contributed by atoms with E-state index in [1.165, 1.54) is 23.4 Å². The van der Waals surface area contributed by atoms with Crippen molar-refractivity contribution in [2.75, 3.05) is 0 Å². The third kappa shape index (κ3) is 4.77. The lowest BCUT2D eigenvalue weighted by atomic mass is 10.0. The second-order valence-electron chi connectivity index (χ2n) is 7.23. The van der Waals surface area contributed by atoms with Crippen LogP contribution in [0.2, 0.25) is 10.0 Å². The summed E-state index contributed by atoms with van der Waals surface area (Å²) < 4.78 is 0. The van der Waals surface area contributed by atoms with Gasteiger partial charge in [0.05, 0.1) is 16.8 Å². The van der Waals surface area contributed by atoms with E-state index in [2.05, 4.69) is 5.10 Å². The summed E-state index contributed by atoms with van der Waals surface area (Å²) in [6.07, 6.45) is 1.39. The van der Waals surface area contributed by atoms with E-state index in [9.17, 15) is 9.90 Å². The van der Waals surface area contributed by atoms with Gasteiger partial charge in [0.2, 0.25) is 0 Å². The smallest absolute Gasteiger partial charge is 0.274 e. The third-order valence-corrected chi connectivity index (χ3v) is 4.17. The molecule has 26 heavy (non-hydrogen) atoms. The number of halogens is 2. The average Bonchev–Trinajstić information content (AvgIpc) is 2.49. The minimum Gasteiger partial charge on any atom is -0.506 e. The number of hydrogen-bond acceptors (Lipinski definition) is 3. The molecule has 0 spiro atoms. The minimum atomic E-state index is -0.566. The van der Waals surface area contributed by atoms with Crippen molar-refractivity contribution in [1.82, 2.24) is 5.01 Å². The number of amides is 1. The zero-order valence-electron chi connectivity index (χ0n) is 15.5. The molecule has 0 aliphatic rings. The standard InChI is InChI=1S/C20H22Cl2N2O2/c1-12-6-13(2)8-14(7-12)19(26)24(20(3,4)5)23-11-15-9-16(21)10-17(22)18(15)25/h6-11,25H,1-5H3/b23-11+. The van der Waals surface area contributed by atoms with Crippen molar-refractivity contribution in [2.45, 2.75) is 40.2 Å². The molecule has 0 saturated carbocycles. The molecule has 0 aromatic heterocycles. The monoisotopic (exact) mass is 392 g/mol. The Hall–Kier alpha value is -2.04. The molecule has 2 aromatic carbocycles. The van der Waals surface area contributed by atoms with E-state index in [0.717, 1.165) is 11.1 Å². The summed E-state index contributed by atoms with van der Waals surface area (Å²) in [6, 6.07) is 8.65. The van der Waals surface area contributed by atoms with Crippen LogP contribution < -0.4 is 0 Å². The Morgan fingerprint density at radius 2 is 1.65 bits per heavy atom. The van der Waals surface area contributed by atoms with Gasteiger partial charge in [-0.2, -0.15) is 5.10 Å². The third-order valence-electron chi connectivity index (χ3n) is 3.67. The number of rotatable bonds is 3. The van der Waals surface area contributed by atoms with Crippen LogP contribution in [0.5, 0.6) is 5.75 Å². The summed E-state index contributed by atoms with van der Waals surface area (Å²) in [7, 11) is 0. The predicted octanol–water partition coefficient (Wildman–Crippen LogP) is 5.59. The maximum atomic E-state index is 13.0. The Bertz CT molecular complexity index is 851. The van der Waals surface area contributed by atoms with Crippen LogP contribution in [0.1, 0.15) is 47.8 Å². The summed E-state index contributed by atoms with van der Waals surface area (Å²) in [4.78, 5) is 13.0. The number of hydrogen-bond donors (Lipinski definition) is 1. The topological polar surface area (TPSA) is 52.9 Å². The first-order valence-corrected chi connectivity index (χ1v) is 8.89. The number of carbonyl (C=O) groups is 1. The molecule has 2 aromatic rings. The van der Waals surface area contributed by atoms with Gasteiger partial charge in [-0.15, -0.1) is 0 Å². The second kappa shape index (κ2) is 7.68. The first kappa shape index (κ1) is 20.3. The average molecular weight is 393 g/mol. The molecule has 1 N–H and O–H groups in total. The quantitative estimate of drug-likeness (QED) is 0.546. The summed E-state index contributed by atoms with van der Waals surface area (Å²) in [5.41, 5.74) is 2.34. The van der Waals surface area contributed by atoms with Gasteiger partial charge in [0, 0.05) is 16.1 Å². The highest BCUT2D eigenvalue weighted by atomic mass is 35.5. The molecule has 6 heteroatoms. The first-order chi connectivity index (χ1) is 12.0. The molecule has 138 valence electrons. The van der Waals surface area contributed by atoms with Crippen LogP contribution in [-0.2, 0) is 0 Å². The van der Waals surface area contributed by atoms with Crippen LogP contribution in [0.25, 0.3) is 0 Å². The van der Waals surface area contributed by atoms with Crippen LogP contribution in [0.15, 0.2) is 35.4 Å². The molecule has 4 nitrogen and oxygen atoms in total. The summed E-state index contributed by atoms with van der Waals surface area (Å²) in [6.45, 7) is 9.54. The van der Waals surface area contributed by atoms with Gasteiger partial charge in [-0.25, -0.2) is 5.01 Å². The lowest BCUT2D eigenvalue weighted by Gasteiger charge is -2.31. The van der Waals surface area contributed by atoms with Gasteiger partial charge < -0.3 is 5.11 Å². The van der Waals surface area contributed by atoms with E-state index in [1.807, 2.05) is 52.8 Å². The van der Waals surface area contributed by atoms with Crippen LogP contribution in [-0.4, -0.2) is 27.8 Å². The second-order valence-corrected chi connectivity index (χ2v) is 8.08. The largest absolute Gasteiger partial charge is 0.506 e. The number of hydrazone groups is 1. The molecule has 0 unspecified atom stereocenters. The zero-order valence-corrected chi connectivity index (χ0v) is 17.0. The van der Waals surface area contributed by atoms with E-state index in [1.54, 1.807) is 0 Å². The Labute approximate surface area is 164 Å². The molecule has 0 saturated heterocycles. The van der Waals surface area contributed by atoms with Gasteiger partial charge in [-0.05, 0) is 58.9 Å². The number of nitrogens with zero attached hydrogens (tertiary/aromatic N) is 2. The van der Waals surface area contributed by atoms with E-state index in [0.29, 0.717) is 16.1 Å². The van der Waals surface area contributed by atoms with Gasteiger partial charge in [-0.1, -0.05) is 40.4 Å². The molecule has 0 aliphatic carbocycles. The number of benzene rings is 2. The maximum absolute atomic E-state index is 13.0. The number of phenols is 1. The van der Waals surface area contributed by atoms with Gasteiger partial charge >= 0.3 is 0 Å². The molecule has 0 heterocycles. The van der Waals surface area contributed by atoms with Crippen LogP contribution >= 0.6 is 23.2 Å². The fourth-order valence-corrected chi connectivity index (χ4v) is 3.06. The van der Waals surface area contributed by atoms with Gasteiger partial charge in [0.25, 0.3) is 5.91 Å². The highest BCUT2D eigenvalue weighted by Crippen LogP contribution is 2.30. The predicted molar refractivity (Wildman–Crippen MR) is 108 cm³/mol. The molecule has 2 rings (SSSR count). The number of aromatic hydroxyl groups is 1. The Morgan fingerprint density at radius 3 is 2.19 bits per heavy atom. The number of carbonyl (C=O) groups excluding carboxylic acids is 1. The van der Waals surface area contributed by atoms with Crippen molar-refractivity contribution in [3.63, 3.8) is 0 Å². The molecule has 0 radical (unpaired) electrons. The van der Waals surface area contributed by atoms with Crippen LogP contribution in [0, 0.1) is 13.8 Å². The number of aryl methyl sites for hydroxylation is 2. The zero-order chi connectivity index (χ0) is 19.6. The van der Waals surface area contributed by atoms with Crippen molar-refractivity contribution in [3.05, 3.63) is 62.6 Å². The van der Waals surface area contributed by atoms with Gasteiger partial charge in [0.15, 0.2) is 0 Å².